The summed E-state index contributed by atoms with van der Waals surface area (Å²) in [5, 5.41) is 2.83. The molecule has 2 amide bonds. The van der Waals surface area contributed by atoms with Gasteiger partial charge in [0.05, 0.1) is 10.6 Å². The Bertz CT molecular complexity index is 1340. The highest BCUT2D eigenvalue weighted by atomic mass is 79.9. The molecule has 0 aromatic heterocycles. The van der Waals surface area contributed by atoms with Crippen LogP contribution in [0, 0.1) is 5.82 Å². The highest BCUT2D eigenvalue weighted by Crippen LogP contribution is 2.27. The van der Waals surface area contributed by atoms with Crippen LogP contribution in [0.3, 0.4) is 0 Å². The predicted octanol–water partition coefficient (Wildman–Crippen LogP) is 5.12. The highest BCUT2D eigenvalue weighted by molar-refractivity contribution is 9.10. The van der Waals surface area contributed by atoms with Crippen LogP contribution in [0.4, 0.5) is 10.1 Å². The molecule has 0 spiro atoms. The number of hydrogen-bond donors (Lipinski definition) is 1. The Hall–Kier alpha value is -3.24. The van der Waals surface area contributed by atoms with E-state index in [1.54, 1.807) is 37.3 Å². The van der Waals surface area contributed by atoms with Crippen molar-refractivity contribution >= 4 is 43.5 Å². The molecule has 0 aliphatic heterocycles. The van der Waals surface area contributed by atoms with E-state index >= 15 is 0 Å². The summed E-state index contributed by atoms with van der Waals surface area (Å²) in [6.07, 6.45) is 1.68. The van der Waals surface area contributed by atoms with Crippen LogP contribution < -0.4 is 9.62 Å². The highest BCUT2D eigenvalue weighted by Gasteiger charge is 2.33. The van der Waals surface area contributed by atoms with E-state index in [1.807, 2.05) is 19.1 Å². The average molecular weight is 605 g/mol. The van der Waals surface area contributed by atoms with Gasteiger partial charge in [-0.1, -0.05) is 71.7 Å². The summed E-state index contributed by atoms with van der Waals surface area (Å²) in [5.74, 6) is -1.79. The first kappa shape index (κ1) is 29.3. The number of anilines is 1. The van der Waals surface area contributed by atoms with Crippen LogP contribution in [0.15, 0.2) is 88.2 Å². The number of sulfonamides is 1. The van der Waals surface area contributed by atoms with Crippen molar-refractivity contribution in [3.8, 4) is 0 Å². The molecule has 0 saturated carbocycles. The van der Waals surface area contributed by atoms with Gasteiger partial charge in [0.1, 0.15) is 18.4 Å². The normalized spacial score (nSPS) is 12.0. The van der Waals surface area contributed by atoms with Crippen LogP contribution in [0.25, 0.3) is 0 Å². The minimum Gasteiger partial charge on any atom is -0.354 e. The summed E-state index contributed by atoms with van der Waals surface area (Å²) in [5.41, 5.74) is 0.492. The fourth-order valence-corrected chi connectivity index (χ4v) is 5.50. The Morgan fingerprint density at radius 1 is 0.974 bits per heavy atom. The molecule has 202 valence electrons. The first-order valence-electron chi connectivity index (χ1n) is 12.3. The lowest BCUT2D eigenvalue weighted by atomic mass is 10.1. The number of unbranched alkanes of at least 4 members (excludes halogenated alkanes) is 1. The van der Waals surface area contributed by atoms with Gasteiger partial charge in [0, 0.05) is 17.6 Å². The lowest BCUT2D eigenvalue weighted by molar-refractivity contribution is -0.139. The monoisotopic (exact) mass is 603 g/mol. The number of amides is 2. The third-order valence-electron chi connectivity index (χ3n) is 5.99. The average Bonchev–Trinajstić information content (AvgIpc) is 2.92. The number of rotatable bonds is 12. The van der Waals surface area contributed by atoms with E-state index in [-0.39, 0.29) is 23.0 Å². The fourth-order valence-electron chi connectivity index (χ4n) is 3.79. The zero-order valence-electron chi connectivity index (χ0n) is 21.3. The summed E-state index contributed by atoms with van der Waals surface area (Å²) in [6, 6.07) is 19.3. The number of nitrogens with one attached hydrogen (secondary N) is 1. The molecule has 0 radical (unpaired) electrons. The van der Waals surface area contributed by atoms with Crippen LogP contribution in [0.1, 0.15) is 32.3 Å². The number of carbonyl (C=O) groups is 2. The molecule has 10 heteroatoms. The molecule has 0 aliphatic rings. The quantitative estimate of drug-likeness (QED) is 0.291. The number of benzene rings is 3. The Morgan fingerprint density at radius 2 is 1.61 bits per heavy atom. The smallest absolute Gasteiger partial charge is 0.264 e. The molecule has 3 aromatic rings. The zero-order valence-corrected chi connectivity index (χ0v) is 23.7. The molecule has 0 aliphatic carbocycles. The largest absolute Gasteiger partial charge is 0.354 e. The molecule has 1 N–H and O–H groups in total. The first-order chi connectivity index (χ1) is 18.1. The lowest BCUT2D eigenvalue weighted by Gasteiger charge is -2.32. The minimum absolute atomic E-state index is 0.0605. The number of nitrogens with zero attached hydrogens (tertiary/aromatic N) is 2. The van der Waals surface area contributed by atoms with Crippen molar-refractivity contribution in [2.75, 3.05) is 17.4 Å². The van der Waals surface area contributed by atoms with E-state index in [4.69, 9.17) is 0 Å². The van der Waals surface area contributed by atoms with Crippen molar-refractivity contribution in [1.82, 2.24) is 10.2 Å². The minimum atomic E-state index is -4.31. The van der Waals surface area contributed by atoms with Crippen molar-refractivity contribution in [3.05, 3.63) is 94.7 Å². The van der Waals surface area contributed by atoms with Gasteiger partial charge in [0.25, 0.3) is 10.0 Å². The standard InChI is InChI=1S/C28H31BrFN3O4S/c1-3-4-18-31-28(35)21(2)32(19-22-14-16-23(29)17-15-22)27(34)20-33(26-13-9-8-12-25(26)30)38(36,37)24-10-6-5-7-11-24/h5-17,21H,3-4,18-20H2,1-2H3,(H,31,35)/t21-/m0/s1. The third-order valence-corrected chi connectivity index (χ3v) is 8.30. The van der Waals surface area contributed by atoms with Crippen LogP contribution >= 0.6 is 15.9 Å². The molecule has 38 heavy (non-hydrogen) atoms. The zero-order chi connectivity index (χ0) is 27.7. The van der Waals surface area contributed by atoms with Crippen LogP contribution in [-0.4, -0.2) is 44.3 Å². The first-order valence-corrected chi connectivity index (χ1v) is 14.5. The molecular formula is C28H31BrFN3O4S. The van der Waals surface area contributed by atoms with E-state index in [0.29, 0.717) is 6.54 Å². The molecule has 3 rings (SSSR count). The Labute approximate surface area is 231 Å². The number of para-hydroxylation sites is 1. The maximum Gasteiger partial charge on any atom is 0.264 e. The third kappa shape index (κ3) is 7.41. The number of hydrogen-bond acceptors (Lipinski definition) is 4. The summed E-state index contributed by atoms with van der Waals surface area (Å²) < 4.78 is 43.7. The van der Waals surface area contributed by atoms with Crippen molar-refractivity contribution in [2.45, 2.75) is 44.2 Å². The van der Waals surface area contributed by atoms with Crippen molar-refractivity contribution in [2.24, 2.45) is 0 Å². The molecule has 0 heterocycles. The van der Waals surface area contributed by atoms with Gasteiger partial charge >= 0.3 is 0 Å². The maximum absolute atomic E-state index is 14.9. The number of halogens is 2. The molecule has 3 aromatic carbocycles. The predicted molar refractivity (Wildman–Crippen MR) is 149 cm³/mol. The van der Waals surface area contributed by atoms with Crippen LogP contribution in [-0.2, 0) is 26.2 Å². The van der Waals surface area contributed by atoms with Gasteiger partial charge in [0.15, 0.2) is 0 Å². The van der Waals surface area contributed by atoms with E-state index in [1.165, 1.54) is 35.2 Å². The lowest BCUT2D eigenvalue weighted by Crippen LogP contribution is -2.51. The maximum atomic E-state index is 14.9. The SMILES string of the molecule is CCCCNC(=O)[C@H](C)N(Cc1ccc(Br)cc1)C(=O)CN(c1ccccc1F)S(=O)(=O)c1ccccc1. The second kappa shape index (κ2) is 13.5. The fraction of sp³-hybridized carbons (Fsp3) is 0.286. The second-order valence-corrected chi connectivity index (χ2v) is 11.5. The van der Waals surface area contributed by atoms with Crippen LogP contribution in [0.2, 0.25) is 0 Å². The van der Waals surface area contributed by atoms with Gasteiger partial charge < -0.3 is 10.2 Å². The summed E-state index contributed by atoms with van der Waals surface area (Å²) in [4.78, 5) is 27.9. The van der Waals surface area contributed by atoms with E-state index < -0.39 is 34.3 Å². The molecule has 0 fully saturated rings. The van der Waals surface area contributed by atoms with Crippen molar-refractivity contribution in [1.29, 1.82) is 0 Å². The van der Waals surface area contributed by atoms with Gasteiger partial charge in [0.2, 0.25) is 11.8 Å². The molecule has 0 bridgehead atoms. The van der Waals surface area contributed by atoms with E-state index in [9.17, 15) is 22.4 Å². The van der Waals surface area contributed by atoms with E-state index in [0.717, 1.165) is 33.2 Å². The van der Waals surface area contributed by atoms with E-state index in [2.05, 4.69) is 21.2 Å². The molecule has 7 nitrogen and oxygen atoms in total. The Kier molecular flexibility index (Phi) is 10.4. The van der Waals surface area contributed by atoms with Gasteiger partial charge in [-0.15, -0.1) is 0 Å². The summed E-state index contributed by atoms with van der Waals surface area (Å²) in [7, 11) is -4.31. The van der Waals surface area contributed by atoms with Crippen molar-refractivity contribution in [3.63, 3.8) is 0 Å². The van der Waals surface area contributed by atoms with Gasteiger partial charge in [-0.25, -0.2) is 12.8 Å². The second-order valence-electron chi connectivity index (χ2n) is 8.74. The molecular weight excluding hydrogens is 573 g/mol. The summed E-state index contributed by atoms with van der Waals surface area (Å²) >= 11 is 3.38. The topological polar surface area (TPSA) is 86.8 Å². The Balaban J connectivity index is 1.99. The van der Waals surface area contributed by atoms with Crippen LogP contribution in [0.5, 0.6) is 0 Å². The van der Waals surface area contributed by atoms with Gasteiger partial charge in [-0.3, -0.25) is 13.9 Å². The van der Waals surface area contributed by atoms with Gasteiger partial charge in [-0.05, 0) is 55.3 Å². The molecule has 1 atom stereocenters. The van der Waals surface area contributed by atoms with Gasteiger partial charge in [-0.2, -0.15) is 0 Å². The number of carbonyl (C=O) groups excluding carboxylic acids is 2. The Morgan fingerprint density at radius 3 is 2.24 bits per heavy atom. The summed E-state index contributed by atoms with van der Waals surface area (Å²) in [6.45, 7) is 3.43. The molecule has 0 saturated heterocycles. The molecule has 0 unspecified atom stereocenters. The van der Waals surface area contributed by atoms with Crippen molar-refractivity contribution < 1.29 is 22.4 Å².